The summed E-state index contributed by atoms with van der Waals surface area (Å²) in [6, 6.07) is 5.86. The molecule has 130 valence electrons. The molecule has 0 saturated heterocycles. The summed E-state index contributed by atoms with van der Waals surface area (Å²) in [4.78, 5) is 4.24. The lowest BCUT2D eigenvalue weighted by Crippen LogP contribution is -2.38. The first-order valence-electron chi connectivity index (χ1n) is 8.71. The highest BCUT2D eigenvalue weighted by Gasteiger charge is 2.14. The van der Waals surface area contributed by atoms with E-state index in [0.717, 1.165) is 37.0 Å². The summed E-state index contributed by atoms with van der Waals surface area (Å²) in [6.45, 7) is 2.22. The fourth-order valence-corrected chi connectivity index (χ4v) is 2.98. The molecule has 0 bridgehead atoms. The zero-order valence-electron chi connectivity index (χ0n) is 14.2. The molecule has 0 unspecified atom stereocenters. The summed E-state index contributed by atoms with van der Waals surface area (Å²) in [5, 5.41) is 14.9. The van der Waals surface area contributed by atoms with E-state index in [1.165, 1.54) is 25.7 Å². The Kier molecular flexibility index (Phi) is 6.01. The normalized spacial score (nSPS) is 16.0. The molecular formula is C17H26N6O. The minimum atomic E-state index is 0.489. The molecule has 2 aromatic heterocycles. The third-order valence-corrected chi connectivity index (χ3v) is 4.29. The number of ether oxygens (including phenoxy) is 1. The van der Waals surface area contributed by atoms with Crippen LogP contribution in [0.3, 0.4) is 0 Å². The van der Waals surface area contributed by atoms with Crippen LogP contribution < -0.4 is 10.6 Å². The van der Waals surface area contributed by atoms with Crippen LogP contribution in [0.4, 0.5) is 0 Å². The quantitative estimate of drug-likeness (QED) is 0.459. The van der Waals surface area contributed by atoms with Crippen molar-refractivity contribution in [2.45, 2.75) is 44.8 Å². The van der Waals surface area contributed by atoms with E-state index in [1.54, 1.807) is 7.05 Å². The number of aromatic nitrogens is 3. The van der Waals surface area contributed by atoms with Crippen molar-refractivity contribution < 1.29 is 4.74 Å². The van der Waals surface area contributed by atoms with Crippen LogP contribution in [0.5, 0.6) is 0 Å². The van der Waals surface area contributed by atoms with Gasteiger partial charge in [-0.25, -0.2) is 0 Å². The molecule has 2 aromatic rings. The van der Waals surface area contributed by atoms with Gasteiger partial charge in [0.25, 0.3) is 0 Å². The van der Waals surface area contributed by atoms with Crippen LogP contribution in [-0.2, 0) is 11.3 Å². The average Bonchev–Trinajstić information content (AvgIpc) is 3.27. The largest absolute Gasteiger partial charge is 0.378 e. The molecule has 0 amide bonds. The topological polar surface area (TPSA) is 75.8 Å². The van der Waals surface area contributed by atoms with Crippen LogP contribution in [-0.4, -0.2) is 46.9 Å². The van der Waals surface area contributed by atoms with Crippen LogP contribution in [0.15, 0.2) is 29.4 Å². The number of fused-ring (bicyclic) bond motifs is 1. The monoisotopic (exact) mass is 330 g/mol. The summed E-state index contributed by atoms with van der Waals surface area (Å²) < 4.78 is 7.83. The molecule has 1 fully saturated rings. The first kappa shape index (κ1) is 16.7. The van der Waals surface area contributed by atoms with Crippen molar-refractivity contribution in [3.8, 4) is 0 Å². The van der Waals surface area contributed by atoms with E-state index in [1.807, 2.05) is 28.8 Å². The number of aliphatic imine (C=N–C) groups is 1. The van der Waals surface area contributed by atoms with E-state index in [-0.39, 0.29) is 0 Å². The zero-order chi connectivity index (χ0) is 16.6. The second-order valence-electron chi connectivity index (χ2n) is 6.03. The molecule has 7 nitrogen and oxygen atoms in total. The van der Waals surface area contributed by atoms with Gasteiger partial charge in [-0.1, -0.05) is 18.9 Å². The van der Waals surface area contributed by atoms with Crippen LogP contribution in [0.2, 0.25) is 0 Å². The van der Waals surface area contributed by atoms with Gasteiger partial charge in [0.1, 0.15) is 0 Å². The zero-order valence-corrected chi connectivity index (χ0v) is 14.2. The molecule has 0 spiro atoms. The van der Waals surface area contributed by atoms with Crippen LogP contribution >= 0.6 is 0 Å². The first-order valence-corrected chi connectivity index (χ1v) is 8.71. The van der Waals surface area contributed by atoms with Gasteiger partial charge in [0.2, 0.25) is 0 Å². The highest BCUT2D eigenvalue weighted by Crippen LogP contribution is 2.20. The van der Waals surface area contributed by atoms with Gasteiger partial charge in [-0.15, -0.1) is 10.2 Å². The lowest BCUT2D eigenvalue weighted by molar-refractivity contribution is 0.0574. The molecule has 2 N–H and O–H groups in total. The number of nitrogens with one attached hydrogen (secondary N) is 2. The number of hydrogen-bond acceptors (Lipinski definition) is 4. The Morgan fingerprint density at radius 3 is 3.00 bits per heavy atom. The van der Waals surface area contributed by atoms with E-state index in [4.69, 9.17) is 4.74 Å². The van der Waals surface area contributed by atoms with Gasteiger partial charge in [0, 0.05) is 26.4 Å². The molecule has 0 aliphatic heterocycles. The van der Waals surface area contributed by atoms with E-state index >= 15 is 0 Å². The predicted octanol–water partition coefficient (Wildman–Crippen LogP) is 1.74. The van der Waals surface area contributed by atoms with E-state index in [9.17, 15) is 0 Å². The highest BCUT2D eigenvalue weighted by molar-refractivity contribution is 5.79. The average molecular weight is 330 g/mol. The second-order valence-corrected chi connectivity index (χ2v) is 6.03. The first-order chi connectivity index (χ1) is 11.9. The SMILES string of the molecule is CN=C(NCCCOC1CCCC1)NCc1nnc2ccccn12. The maximum absolute atomic E-state index is 5.86. The second kappa shape index (κ2) is 8.63. The van der Waals surface area contributed by atoms with E-state index in [0.29, 0.717) is 12.6 Å². The van der Waals surface area contributed by atoms with Crippen molar-refractivity contribution >= 4 is 11.6 Å². The Morgan fingerprint density at radius 1 is 1.29 bits per heavy atom. The molecule has 3 rings (SSSR count). The molecule has 1 aliphatic carbocycles. The Labute approximate surface area is 142 Å². The molecule has 24 heavy (non-hydrogen) atoms. The lowest BCUT2D eigenvalue weighted by atomic mass is 10.3. The molecule has 1 saturated carbocycles. The standard InChI is InChI=1S/C17H26N6O/c1-18-17(19-10-6-12-24-14-7-2-3-8-14)20-13-16-22-21-15-9-4-5-11-23(15)16/h4-5,9,11,14H,2-3,6-8,10,12-13H2,1H3,(H2,18,19,20). The third kappa shape index (κ3) is 4.44. The third-order valence-electron chi connectivity index (χ3n) is 4.29. The van der Waals surface area contributed by atoms with Crippen molar-refractivity contribution in [1.29, 1.82) is 0 Å². The van der Waals surface area contributed by atoms with Crippen molar-refractivity contribution in [3.63, 3.8) is 0 Å². The Balaban J connectivity index is 1.37. The molecule has 7 heteroatoms. The van der Waals surface area contributed by atoms with Crippen molar-refractivity contribution in [3.05, 3.63) is 30.2 Å². The lowest BCUT2D eigenvalue weighted by Gasteiger charge is -2.13. The summed E-state index contributed by atoms with van der Waals surface area (Å²) in [6.07, 6.45) is 8.51. The van der Waals surface area contributed by atoms with Gasteiger partial charge >= 0.3 is 0 Å². The van der Waals surface area contributed by atoms with Crippen LogP contribution in [0.25, 0.3) is 5.65 Å². The molecule has 1 aliphatic rings. The van der Waals surface area contributed by atoms with Gasteiger partial charge in [-0.2, -0.15) is 0 Å². The Hall–Kier alpha value is -2.15. The van der Waals surface area contributed by atoms with Gasteiger partial charge < -0.3 is 15.4 Å². The summed E-state index contributed by atoms with van der Waals surface area (Å²) in [5.41, 5.74) is 0.848. The van der Waals surface area contributed by atoms with Crippen molar-refractivity contribution in [1.82, 2.24) is 25.2 Å². The Bertz CT molecular complexity index is 662. The summed E-state index contributed by atoms with van der Waals surface area (Å²) in [7, 11) is 1.77. The van der Waals surface area contributed by atoms with Gasteiger partial charge in [-0.05, 0) is 31.4 Å². The molecule has 0 radical (unpaired) electrons. The fraction of sp³-hybridized carbons (Fsp3) is 0.588. The molecular weight excluding hydrogens is 304 g/mol. The van der Waals surface area contributed by atoms with Gasteiger partial charge in [0.15, 0.2) is 17.4 Å². The van der Waals surface area contributed by atoms with Gasteiger partial charge in [0.05, 0.1) is 12.6 Å². The highest BCUT2D eigenvalue weighted by atomic mass is 16.5. The predicted molar refractivity (Wildman–Crippen MR) is 94.0 cm³/mol. The fourth-order valence-electron chi connectivity index (χ4n) is 2.98. The molecule has 2 heterocycles. The number of hydrogen-bond donors (Lipinski definition) is 2. The van der Waals surface area contributed by atoms with E-state index in [2.05, 4.69) is 25.8 Å². The Morgan fingerprint density at radius 2 is 2.17 bits per heavy atom. The molecule has 0 aromatic carbocycles. The number of pyridine rings is 1. The number of guanidine groups is 1. The minimum absolute atomic E-state index is 0.489. The minimum Gasteiger partial charge on any atom is -0.378 e. The summed E-state index contributed by atoms with van der Waals surface area (Å²) >= 11 is 0. The van der Waals surface area contributed by atoms with Gasteiger partial charge in [-0.3, -0.25) is 9.39 Å². The molecule has 0 atom stereocenters. The van der Waals surface area contributed by atoms with E-state index < -0.39 is 0 Å². The number of nitrogens with zero attached hydrogens (tertiary/aromatic N) is 4. The van der Waals surface area contributed by atoms with Crippen LogP contribution in [0.1, 0.15) is 37.9 Å². The maximum atomic E-state index is 5.86. The summed E-state index contributed by atoms with van der Waals surface area (Å²) in [5.74, 6) is 1.63. The smallest absolute Gasteiger partial charge is 0.191 e. The van der Waals surface area contributed by atoms with Crippen LogP contribution in [0, 0.1) is 0 Å². The number of rotatable bonds is 7. The van der Waals surface area contributed by atoms with Crippen molar-refractivity contribution in [2.24, 2.45) is 4.99 Å². The van der Waals surface area contributed by atoms with Crippen molar-refractivity contribution in [2.75, 3.05) is 20.2 Å². The maximum Gasteiger partial charge on any atom is 0.191 e.